The molecule has 2 atom stereocenters. The number of nitrogens with two attached hydrogens (primary N) is 1. The Hall–Kier alpha value is -1.38. The van der Waals surface area contributed by atoms with Crippen molar-refractivity contribution in [3.05, 3.63) is 35.9 Å². The molecule has 1 aliphatic rings. The van der Waals surface area contributed by atoms with Gasteiger partial charge in [0, 0.05) is 31.3 Å². The third-order valence-corrected chi connectivity index (χ3v) is 5.34. The molecule has 0 aromatic heterocycles. The number of carbonyl (C=O) groups is 2. The molecule has 172 valence electrons. The zero-order valence-corrected chi connectivity index (χ0v) is 19.6. The van der Waals surface area contributed by atoms with E-state index in [9.17, 15) is 9.59 Å². The first-order valence-electron chi connectivity index (χ1n) is 10.0. The van der Waals surface area contributed by atoms with Gasteiger partial charge >= 0.3 is 0 Å². The average molecular weight is 463 g/mol. The zero-order valence-electron chi connectivity index (χ0n) is 18.0. The Morgan fingerprint density at radius 2 is 1.67 bits per heavy atom. The number of hydrogen-bond acceptors (Lipinski definition) is 5. The fourth-order valence-corrected chi connectivity index (χ4v) is 3.34. The van der Waals surface area contributed by atoms with E-state index >= 15 is 0 Å². The van der Waals surface area contributed by atoms with Crippen LogP contribution in [0.3, 0.4) is 0 Å². The third-order valence-electron chi connectivity index (χ3n) is 5.34. The summed E-state index contributed by atoms with van der Waals surface area (Å²) in [5.74, 6) is -0.497. The monoisotopic (exact) mass is 462 g/mol. The van der Waals surface area contributed by atoms with Gasteiger partial charge in [0.05, 0.1) is 12.6 Å². The molecule has 1 aromatic carbocycles. The van der Waals surface area contributed by atoms with Crippen LogP contribution in [0.1, 0.15) is 45.2 Å². The van der Waals surface area contributed by atoms with Gasteiger partial charge in [-0.3, -0.25) is 9.59 Å². The highest BCUT2D eigenvalue weighted by atomic mass is 35.5. The van der Waals surface area contributed by atoms with Gasteiger partial charge in [-0.2, -0.15) is 0 Å². The fourth-order valence-electron chi connectivity index (χ4n) is 3.34. The van der Waals surface area contributed by atoms with E-state index in [2.05, 4.69) is 35.0 Å². The van der Waals surface area contributed by atoms with Gasteiger partial charge in [0.25, 0.3) is 0 Å². The maximum atomic E-state index is 12.3. The maximum absolute atomic E-state index is 12.3. The first-order chi connectivity index (χ1) is 13.3. The maximum Gasteiger partial charge on any atom is 0.239 e. The molecule has 0 bridgehead atoms. The van der Waals surface area contributed by atoms with Gasteiger partial charge < -0.3 is 26.4 Å². The molecule has 1 heterocycles. The minimum atomic E-state index is -0.608. The van der Waals surface area contributed by atoms with E-state index in [1.54, 1.807) is 0 Å². The number of amides is 2. The van der Waals surface area contributed by atoms with Crippen LogP contribution in [0.4, 0.5) is 0 Å². The molecule has 7 nitrogen and oxygen atoms in total. The second kappa shape index (κ2) is 13.8. The van der Waals surface area contributed by atoms with Crippen LogP contribution in [0, 0.1) is 5.92 Å². The summed E-state index contributed by atoms with van der Waals surface area (Å²) in [6.45, 7) is 7.60. The number of hydrogen-bond donors (Lipinski definition) is 4. The first-order valence-corrected chi connectivity index (χ1v) is 10.0. The number of nitrogens with one attached hydrogen (secondary N) is 3. The van der Waals surface area contributed by atoms with Crippen molar-refractivity contribution >= 4 is 36.6 Å². The summed E-state index contributed by atoms with van der Waals surface area (Å²) in [5, 5.41) is 9.27. The highest BCUT2D eigenvalue weighted by Gasteiger charge is 2.34. The Balaban J connectivity index is 0.00000420. The van der Waals surface area contributed by atoms with Crippen LogP contribution in [-0.2, 0) is 14.3 Å². The zero-order chi connectivity index (χ0) is 20.6. The van der Waals surface area contributed by atoms with Crippen LogP contribution < -0.4 is 21.7 Å². The Bertz CT molecular complexity index is 640. The standard InChI is InChI=1S/C21H34N4O3.2ClH/c1-15(2)19(22)20(27)23-13-18(26)24-14-21(9-11-28-12-10-21)25-16(3)17-7-5-4-6-8-17;;/h4-8,15-16,19,25H,9-14,22H2,1-3H3,(H,23,27)(H,24,26);2*1H/t16?,19-;;/m0../s1. The summed E-state index contributed by atoms with van der Waals surface area (Å²) in [6.07, 6.45) is 1.63. The second-order valence-corrected chi connectivity index (χ2v) is 7.93. The van der Waals surface area contributed by atoms with Crippen LogP contribution in [0.15, 0.2) is 30.3 Å². The van der Waals surface area contributed by atoms with Crippen LogP contribution in [0.25, 0.3) is 0 Å². The first kappa shape index (κ1) is 28.6. The molecule has 1 aromatic rings. The van der Waals surface area contributed by atoms with E-state index in [0.717, 1.165) is 12.8 Å². The van der Waals surface area contributed by atoms with Crippen molar-refractivity contribution < 1.29 is 14.3 Å². The predicted octanol–water partition coefficient (Wildman–Crippen LogP) is 1.95. The summed E-state index contributed by atoms with van der Waals surface area (Å²) < 4.78 is 5.52. The van der Waals surface area contributed by atoms with Crippen LogP contribution in [-0.4, -0.2) is 49.7 Å². The smallest absolute Gasteiger partial charge is 0.239 e. The summed E-state index contributed by atoms with van der Waals surface area (Å²) in [6, 6.07) is 9.78. The Morgan fingerprint density at radius 1 is 1.07 bits per heavy atom. The summed E-state index contributed by atoms with van der Waals surface area (Å²) in [4.78, 5) is 24.2. The highest BCUT2D eigenvalue weighted by Crippen LogP contribution is 2.25. The fraction of sp³-hybridized carbons (Fsp3) is 0.619. The van der Waals surface area contributed by atoms with E-state index < -0.39 is 6.04 Å². The number of ether oxygens (including phenoxy) is 1. The SMILES string of the molecule is CC(NC1(CNC(=O)CNC(=O)[C@@H](N)C(C)C)CCOCC1)c1ccccc1.Cl.Cl. The molecule has 2 rings (SSSR count). The quantitative estimate of drug-likeness (QED) is 0.448. The third kappa shape index (κ3) is 8.78. The van der Waals surface area contributed by atoms with Gasteiger partial charge in [0.2, 0.25) is 11.8 Å². The lowest BCUT2D eigenvalue weighted by molar-refractivity contribution is -0.127. The van der Waals surface area contributed by atoms with E-state index in [-0.39, 0.29) is 60.7 Å². The highest BCUT2D eigenvalue weighted by molar-refractivity contribution is 5.87. The topological polar surface area (TPSA) is 105 Å². The molecule has 0 saturated carbocycles. The van der Waals surface area contributed by atoms with Crippen molar-refractivity contribution in [1.82, 2.24) is 16.0 Å². The predicted molar refractivity (Wildman–Crippen MR) is 124 cm³/mol. The minimum absolute atomic E-state index is 0. The molecule has 5 N–H and O–H groups in total. The van der Waals surface area contributed by atoms with Gasteiger partial charge in [-0.15, -0.1) is 24.8 Å². The lowest BCUT2D eigenvalue weighted by Gasteiger charge is -2.40. The van der Waals surface area contributed by atoms with E-state index in [1.807, 2.05) is 32.0 Å². The van der Waals surface area contributed by atoms with Crippen LogP contribution in [0.5, 0.6) is 0 Å². The molecule has 1 unspecified atom stereocenters. The lowest BCUT2D eigenvalue weighted by atomic mass is 9.88. The summed E-state index contributed by atoms with van der Waals surface area (Å²) in [5.41, 5.74) is 6.77. The van der Waals surface area contributed by atoms with Gasteiger partial charge in [0.1, 0.15) is 0 Å². The normalized spacial score (nSPS) is 17.1. The molecule has 0 radical (unpaired) electrons. The van der Waals surface area contributed by atoms with Gasteiger partial charge in [-0.05, 0) is 31.2 Å². The number of carbonyl (C=O) groups excluding carboxylic acids is 2. The molecule has 0 spiro atoms. The summed E-state index contributed by atoms with van der Waals surface area (Å²) >= 11 is 0. The van der Waals surface area contributed by atoms with Crippen LogP contribution in [0.2, 0.25) is 0 Å². The Labute approximate surface area is 192 Å². The van der Waals surface area contributed by atoms with Crippen molar-refractivity contribution in [2.75, 3.05) is 26.3 Å². The molecule has 2 amide bonds. The molecular weight excluding hydrogens is 427 g/mol. The number of rotatable bonds is 9. The molecule has 1 fully saturated rings. The van der Waals surface area contributed by atoms with Gasteiger partial charge in [-0.1, -0.05) is 44.2 Å². The number of benzene rings is 1. The average Bonchev–Trinajstić information content (AvgIpc) is 2.71. The molecule has 0 aliphatic carbocycles. The molecule has 30 heavy (non-hydrogen) atoms. The van der Waals surface area contributed by atoms with Crippen molar-refractivity contribution in [3.8, 4) is 0 Å². The lowest BCUT2D eigenvalue weighted by Crippen LogP contribution is -2.58. The largest absolute Gasteiger partial charge is 0.381 e. The van der Waals surface area contributed by atoms with Crippen molar-refractivity contribution in [2.24, 2.45) is 11.7 Å². The van der Waals surface area contributed by atoms with E-state index in [4.69, 9.17) is 10.5 Å². The molecule has 1 saturated heterocycles. The molecule has 1 aliphatic heterocycles. The van der Waals surface area contributed by atoms with Gasteiger partial charge in [-0.25, -0.2) is 0 Å². The minimum Gasteiger partial charge on any atom is -0.381 e. The molecular formula is C21H36Cl2N4O3. The van der Waals surface area contributed by atoms with Gasteiger partial charge in [0.15, 0.2) is 0 Å². The Morgan fingerprint density at radius 3 is 2.23 bits per heavy atom. The van der Waals surface area contributed by atoms with E-state index in [0.29, 0.717) is 19.8 Å². The molecule has 9 heteroatoms. The van der Waals surface area contributed by atoms with Crippen molar-refractivity contribution in [1.29, 1.82) is 0 Å². The number of halogens is 2. The van der Waals surface area contributed by atoms with E-state index in [1.165, 1.54) is 5.56 Å². The second-order valence-electron chi connectivity index (χ2n) is 7.93. The van der Waals surface area contributed by atoms with Crippen molar-refractivity contribution in [3.63, 3.8) is 0 Å². The Kier molecular flexibility index (Phi) is 13.2. The van der Waals surface area contributed by atoms with Crippen molar-refractivity contribution in [2.45, 2.75) is 51.2 Å². The summed E-state index contributed by atoms with van der Waals surface area (Å²) in [7, 11) is 0. The van der Waals surface area contributed by atoms with Crippen LogP contribution >= 0.6 is 24.8 Å².